The molecule has 1 saturated heterocycles. The standard InChI is InChI=1S/C18H23NO7S/c1-25-15-10-12(18(22)26-2)7-8-16(15)27(23,24)19-13-6-4-3-5-11(13)9-14(19)17(20)21/h7-8,10-11,13-14H,3-6,9H2,1-2H3,(H,20,21). The molecule has 1 aliphatic carbocycles. The van der Waals surface area contributed by atoms with Gasteiger partial charge in [-0.3, -0.25) is 4.79 Å². The number of ether oxygens (including phenoxy) is 2. The zero-order chi connectivity index (χ0) is 19.8. The summed E-state index contributed by atoms with van der Waals surface area (Å²) in [4.78, 5) is 23.3. The van der Waals surface area contributed by atoms with Crippen molar-refractivity contribution < 1.29 is 32.6 Å². The Morgan fingerprint density at radius 1 is 1.19 bits per heavy atom. The summed E-state index contributed by atoms with van der Waals surface area (Å²) in [7, 11) is -1.59. The van der Waals surface area contributed by atoms with Crippen LogP contribution >= 0.6 is 0 Å². The average molecular weight is 397 g/mol. The summed E-state index contributed by atoms with van der Waals surface area (Å²) >= 11 is 0. The summed E-state index contributed by atoms with van der Waals surface area (Å²) in [5, 5.41) is 9.62. The van der Waals surface area contributed by atoms with Crippen molar-refractivity contribution in [1.82, 2.24) is 4.31 Å². The van der Waals surface area contributed by atoms with E-state index in [1.165, 1.54) is 32.4 Å². The highest BCUT2D eigenvalue weighted by atomic mass is 32.2. The third-order valence-electron chi connectivity index (χ3n) is 5.45. The maximum absolute atomic E-state index is 13.4. The highest BCUT2D eigenvalue weighted by Crippen LogP contribution is 2.44. The number of carbonyl (C=O) groups is 2. The van der Waals surface area contributed by atoms with E-state index in [1.807, 2.05) is 0 Å². The third-order valence-corrected chi connectivity index (χ3v) is 7.43. The van der Waals surface area contributed by atoms with E-state index in [2.05, 4.69) is 4.74 Å². The number of hydrogen-bond acceptors (Lipinski definition) is 6. The molecule has 1 heterocycles. The molecule has 2 aliphatic rings. The molecule has 27 heavy (non-hydrogen) atoms. The van der Waals surface area contributed by atoms with Crippen molar-refractivity contribution in [2.45, 2.75) is 49.1 Å². The Balaban J connectivity index is 2.06. The fourth-order valence-corrected chi connectivity index (χ4v) is 6.22. The fourth-order valence-electron chi connectivity index (χ4n) is 4.21. The number of aliphatic carboxylic acids is 1. The van der Waals surface area contributed by atoms with E-state index in [9.17, 15) is 23.1 Å². The van der Waals surface area contributed by atoms with E-state index in [1.54, 1.807) is 0 Å². The van der Waals surface area contributed by atoms with Gasteiger partial charge >= 0.3 is 11.9 Å². The first-order valence-electron chi connectivity index (χ1n) is 8.84. The van der Waals surface area contributed by atoms with Gasteiger partial charge in [-0.25, -0.2) is 13.2 Å². The number of carboxylic acids is 1. The molecular weight excluding hydrogens is 374 g/mol. The molecular formula is C18H23NO7S. The van der Waals surface area contributed by atoms with E-state index in [0.717, 1.165) is 23.6 Å². The number of carboxylic acid groups (broad SMARTS) is 1. The van der Waals surface area contributed by atoms with Crippen LogP contribution in [0.15, 0.2) is 23.1 Å². The van der Waals surface area contributed by atoms with Gasteiger partial charge in [0, 0.05) is 6.04 Å². The van der Waals surface area contributed by atoms with E-state index in [4.69, 9.17) is 4.74 Å². The number of rotatable bonds is 5. The maximum atomic E-state index is 13.4. The molecule has 3 rings (SSSR count). The monoisotopic (exact) mass is 397 g/mol. The molecule has 0 spiro atoms. The van der Waals surface area contributed by atoms with Crippen LogP contribution < -0.4 is 4.74 Å². The van der Waals surface area contributed by atoms with Gasteiger partial charge < -0.3 is 14.6 Å². The SMILES string of the molecule is COC(=O)c1ccc(S(=O)(=O)N2C(C(=O)O)CC3CCCCC32)c(OC)c1. The van der Waals surface area contributed by atoms with Gasteiger partial charge in [-0.15, -0.1) is 0 Å². The summed E-state index contributed by atoms with van der Waals surface area (Å²) in [5.41, 5.74) is 0.153. The second kappa shape index (κ2) is 7.47. The van der Waals surface area contributed by atoms with Crippen LogP contribution in [0, 0.1) is 5.92 Å². The Labute approximate surface area is 158 Å². The van der Waals surface area contributed by atoms with Gasteiger partial charge in [-0.2, -0.15) is 4.31 Å². The molecule has 3 atom stereocenters. The van der Waals surface area contributed by atoms with Gasteiger partial charge in [-0.1, -0.05) is 12.8 Å². The Morgan fingerprint density at radius 3 is 2.52 bits per heavy atom. The van der Waals surface area contributed by atoms with Gasteiger partial charge in [0.05, 0.1) is 19.8 Å². The topological polar surface area (TPSA) is 110 Å². The molecule has 2 fully saturated rings. The number of esters is 1. The van der Waals surface area contributed by atoms with Crippen LogP contribution in [0.1, 0.15) is 42.5 Å². The van der Waals surface area contributed by atoms with Crippen LogP contribution in [0.3, 0.4) is 0 Å². The van der Waals surface area contributed by atoms with E-state index in [0.29, 0.717) is 12.8 Å². The van der Waals surface area contributed by atoms with Gasteiger partial charge in [0.25, 0.3) is 0 Å². The number of benzene rings is 1. The highest BCUT2D eigenvalue weighted by molar-refractivity contribution is 7.89. The third kappa shape index (κ3) is 3.41. The van der Waals surface area contributed by atoms with Crippen LogP contribution in [0.25, 0.3) is 0 Å². The molecule has 0 amide bonds. The lowest BCUT2D eigenvalue weighted by Gasteiger charge is -2.32. The molecule has 0 radical (unpaired) electrons. The molecule has 0 bridgehead atoms. The molecule has 9 heteroatoms. The molecule has 148 valence electrons. The van der Waals surface area contributed by atoms with Crippen molar-refractivity contribution in [3.05, 3.63) is 23.8 Å². The molecule has 1 N–H and O–H groups in total. The van der Waals surface area contributed by atoms with E-state index in [-0.39, 0.29) is 28.2 Å². The first-order chi connectivity index (χ1) is 12.8. The van der Waals surface area contributed by atoms with Gasteiger partial charge in [0.2, 0.25) is 10.0 Å². The zero-order valence-corrected chi connectivity index (χ0v) is 16.1. The molecule has 1 saturated carbocycles. The first kappa shape index (κ1) is 19.6. The number of fused-ring (bicyclic) bond motifs is 1. The van der Waals surface area contributed by atoms with E-state index < -0.39 is 28.0 Å². The molecule has 3 unspecified atom stereocenters. The Hall–Kier alpha value is -2.13. The summed E-state index contributed by atoms with van der Waals surface area (Å²) in [6.07, 6.45) is 3.66. The lowest BCUT2D eigenvalue weighted by Crippen LogP contribution is -2.46. The minimum absolute atomic E-state index is 0.0127. The van der Waals surface area contributed by atoms with Crippen LogP contribution in [0.2, 0.25) is 0 Å². The van der Waals surface area contributed by atoms with E-state index >= 15 is 0 Å². The van der Waals surface area contributed by atoms with Gasteiger partial charge in [-0.05, 0) is 43.4 Å². The number of sulfonamides is 1. The minimum Gasteiger partial charge on any atom is -0.495 e. The van der Waals surface area contributed by atoms with Crippen molar-refractivity contribution in [1.29, 1.82) is 0 Å². The highest BCUT2D eigenvalue weighted by Gasteiger charge is 2.51. The zero-order valence-electron chi connectivity index (χ0n) is 15.3. The Morgan fingerprint density at radius 2 is 1.89 bits per heavy atom. The number of hydrogen-bond donors (Lipinski definition) is 1. The van der Waals surface area contributed by atoms with Crippen LogP contribution in [-0.4, -0.2) is 56.1 Å². The van der Waals surface area contributed by atoms with Crippen molar-refractivity contribution >= 4 is 22.0 Å². The summed E-state index contributed by atoms with van der Waals surface area (Å²) in [6, 6.07) is 2.49. The van der Waals surface area contributed by atoms with Crippen LogP contribution in [0.4, 0.5) is 0 Å². The Kier molecular flexibility index (Phi) is 5.43. The summed E-state index contributed by atoms with van der Waals surface area (Å²) in [5.74, 6) is -1.72. The quantitative estimate of drug-likeness (QED) is 0.756. The van der Waals surface area contributed by atoms with Crippen molar-refractivity contribution in [2.24, 2.45) is 5.92 Å². The first-order valence-corrected chi connectivity index (χ1v) is 10.3. The van der Waals surface area contributed by atoms with Gasteiger partial charge in [0.1, 0.15) is 16.7 Å². The van der Waals surface area contributed by atoms with Crippen molar-refractivity contribution in [3.63, 3.8) is 0 Å². The van der Waals surface area contributed by atoms with Crippen LogP contribution in [-0.2, 0) is 19.6 Å². The number of carbonyl (C=O) groups excluding carboxylic acids is 1. The predicted octanol–water partition coefficient (Wildman–Crippen LogP) is 1.89. The van der Waals surface area contributed by atoms with Crippen molar-refractivity contribution in [2.75, 3.05) is 14.2 Å². The molecule has 8 nitrogen and oxygen atoms in total. The minimum atomic E-state index is -4.12. The lowest BCUT2D eigenvalue weighted by atomic mass is 9.85. The van der Waals surface area contributed by atoms with Crippen LogP contribution in [0.5, 0.6) is 5.75 Å². The molecule has 1 aliphatic heterocycles. The lowest BCUT2D eigenvalue weighted by molar-refractivity contribution is -0.141. The van der Waals surface area contributed by atoms with Gasteiger partial charge in [0.15, 0.2) is 0 Å². The second-order valence-electron chi connectivity index (χ2n) is 6.89. The fraction of sp³-hybridized carbons (Fsp3) is 0.556. The van der Waals surface area contributed by atoms with Crippen molar-refractivity contribution in [3.8, 4) is 5.75 Å². The maximum Gasteiger partial charge on any atom is 0.337 e. The normalized spacial score (nSPS) is 25.6. The molecule has 0 aromatic heterocycles. The largest absolute Gasteiger partial charge is 0.495 e. The summed E-state index contributed by atoms with van der Waals surface area (Å²) in [6.45, 7) is 0. The Bertz CT molecular complexity index is 851. The molecule has 1 aromatic rings. The number of nitrogens with zero attached hydrogens (tertiary/aromatic N) is 1. The second-order valence-corrected chi connectivity index (χ2v) is 8.71. The number of methoxy groups -OCH3 is 2. The average Bonchev–Trinajstić information content (AvgIpc) is 3.07. The smallest absolute Gasteiger partial charge is 0.337 e. The predicted molar refractivity (Wildman–Crippen MR) is 95.1 cm³/mol. The molecule has 1 aromatic carbocycles. The summed E-state index contributed by atoms with van der Waals surface area (Å²) < 4.78 is 37.8.